The van der Waals surface area contributed by atoms with E-state index in [-0.39, 0.29) is 18.6 Å². The van der Waals surface area contributed by atoms with Crippen LogP contribution < -0.4 is 11.1 Å². The second kappa shape index (κ2) is 6.61. The molecule has 0 spiro atoms. The molecule has 94 valence electrons. The van der Waals surface area contributed by atoms with E-state index in [1.165, 1.54) is 0 Å². The van der Waals surface area contributed by atoms with Gasteiger partial charge in [-0.15, -0.1) is 0 Å². The van der Waals surface area contributed by atoms with Crippen LogP contribution in [0.3, 0.4) is 0 Å². The van der Waals surface area contributed by atoms with Crippen LogP contribution in [0.1, 0.15) is 30.1 Å². The molecule has 1 aromatic rings. The van der Waals surface area contributed by atoms with Crippen LogP contribution in [0.5, 0.6) is 0 Å². The van der Waals surface area contributed by atoms with E-state index in [9.17, 15) is 4.79 Å². The highest BCUT2D eigenvalue weighted by Crippen LogP contribution is 2.17. The Kier molecular flexibility index (Phi) is 5.44. The summed E-state index contributed by atoms with van der Waals surface area (Å²) in [5.41, 5.74) is 6.75. The summed E-state index contributed by atoms with van der Waals surface area (Å²) < 4.78 is 0.783. The summed E-state index contributed by atoms with van der Waals surface area (Å²) >= 11 is 3.30. The summed E-state index contributed by atoms with van der Waals surface area (Å²) in [5.74, 6) is -0.150. The van der Waals surface area contributed by atoms with Crippen LogP contribution in [0, 0.1) is 0 Å². The number of carbonyl (C=O) groups excluding carboxylic acids is 1. The fourth-order valence-electron chi connectivity index (χ4n) is 1.52. The van der Waals surface area contributed by atoms with Gasteiger partial charge in [-0.1, -0.05) is 15.9 Å². The van der Waals surface area contributed by atoms with Crippen molar-refractivity contribution in [3.05, 3.63) is 28.2 Å². The summed E-state index contributed by atoms with van der Waals surface area (Å²) in [4.78, 5) is 11.9. The highest BCUT2D eigenvalue weighted by molar-refractivity contribution is 9.10. The molecule has 1 atom stereocenters. The summed E-state index contributed by atoms with van der Waals surface area (Å²) in [6, 6.07) is 5.14. The van der Waals surface area contributed by atoms with Crippen molar-refractivity contribution in [3.63, 3.8) is 0 Å². The van der Waals surface area contributed by atoms with Gasteiger partial charge in [0.15, 0.2) is 0 Å². The third kappa shape index (κ3) is 4.75. The number of carbonyl (C=O) groups is 1. The SMILES string of the molecule is CC(CCCO)NC(=O)c1cc(N)cc(Br)c1. The first-order valence-corrected chi connectivity index (χ1v) is 6.30. The van der Waals surface area contributed by atoms with Gasteiger partial charge >= 0.3 is 0 Å². The number of anilines is 1. The first-order chi connectivity index (χ1) is 8.02. The molecule has 0 fully saturated rings. The van der Waals surface area contributed by atoms with Gasteiger partial charge in [0, 0.05) is 28.4 Å². The zero-order valence-electron chi connectivity index (χ0n) is 9.74. The number of nitrogen functional groups attached to an aromatic ring is 1. The lowest BCUT2D eigenvalue weighted by Gasteiger charge is -2.13. The topological polar surface area (TPSA) is 75.3 Å². The Bertz CT molecular complexity index is 376. The second-order valence-corrected chi connectivity index (χ2v) is 4.93. The molecular weight excluding hydrogens is 284 g/mol. The molecule has 0 aliphatic heterocycles. The molecule has 1 unspecified atom stereocenters. The molecule has 1 amide bonds. The Hall–Kier alpha value is -1.07. The Morgan fingerprint density at radius 3 is 2.82 bits per heavy atom. The molecule has 1 aromatic carbocycles. The average molecular weight is 301 g/mol. The Balaban J connectivity index is 2.63. The summed E-state index contributed by atoms with van der Waals surface area (Å²) in [6.45, 7) is 2.05. The Morgan fingerprint density at radius 2 is 2.24 bits per heavy atom. The predicted molar refractivity (Wildman–Crippen MR) is 71.8 cm³/mol. The fourth-order valence-corrected chi connectivity index (χ4v) is 2.03. The van der Waals surface area contributed by atoms with Gasteiger partial charge in [-0.3, -0.25) is 4.79 Å². The lowest BCUT2D eigenvalue weighted by molar-refractivity contribution is 0.0936. The van der Waals surface area contributed by atoms with Gasteiger partial charge in [-0.05, 0) is 38.0 Å². The smallest absolute Gasteiger partial charge is 0.251 e. The van der Waals surface area contributed by atoms with Crippen molar-refractivity contribution in [2.24, 2.45) is 0 Å². The van der Waals surface area contributed by atoms with Crippen molar-refractivity contribution < 1.29 is 9.90 Å². The van der Waals surface area contributed by atoms with Gasteiger partial charge in [0.05, 0.1) is 0 Å². The molecule has 0 aromatic heterocycles. The number of aliphatic hydroxyl groups is 1. The van der Waals surface area contributed by atoms with E-state index in [1.807, 2.05) is 6.92 Å². The maximum Gasteiger partial charge on any atom is 0.251 e. The molecule has 1 rings (SSSR count). The van der Waals surface area contributed by atoms with Gasteiger partial charge in [0.1, 0.15) is 0 Å². The van der Waals surface area contributed by atoms with Crippen LogP contribution in [-0.4, -0.2) is 23.7 Å². The van der Waals surface area contributed by atoms with Gasteiger partial charge in [0.2, 0.25) is 0 Å². The second-order valence-electron chi connectivity index (χ2n) is 4.01. The van der Waals surface area contributed by atoms with Crippen molar-refractivity contribution in [2.45, 2.75) is 25.8 Å². The number of halogens is 1. The molecule has 0 saturated carbocycles. The van der Waals surface area contributed by atoms with E-state index >= 15 is 0 Å². The first kappa shape index (κ1) is 14.0. The number of amides is 1. The molecule has 17 heavy (non-hydrogen) atoms. The van der Waals surface area contributed by atoms with Gasteiger partial charge in [-0.2, -0.15) is 0 Å². The third-order valence-electron chi connectivity index (χ3n) is 2.36. The number of aliphatic hydroxyl groups excluding tert-OH is 1. The summed E-state index contributed by atoms with van der Waals surface area (Å²) in [6.07, 6.45) is 1.44. The molecule has 0 aliphatic rings. The van der Waals surface area contributed by atoms with Crippen LogP contribution in [0.25, 0.3) is 0 Å². The predicted octanol–water partition coefficient (Wildman–Crippen LogP) is 1.92. The first-order valence-electron chi connectivity index (χ1n) is 5.50. The fraction of sp³-hybridized carbons (Fsp3) is 0.417. The van der Waals surface area contributed by atoms with Crippen molar-refractivity contribution in [1.82, 2.24) is 5.32 Å². The number of benzene rings is 1. The number of nitrogens with one attached hydrogen (secondary N) is 1. The van der Waals surface area contributed by atoms with Crippen LogP contribution in [-0.2, 0) is 0 Å². The van der Waals surface area contributed by atoms with E-state index in [2.05, 4.69) is 21.2 Å². The highest BCUT2D eigenvalue weighted by Gasteiger charge is 2.10. The molecule has 0 bridgehead atoms. The van der Waals surface area contributed by atoms with Crippen molar-refractivity contribution in [3.8, 4) is 0 Å². The number of hydrogen-bond acceptors (Lipinski definition) is 3. The van der Waals surface area contributed by atoms with Crippen molar-refractivity contribution >= 4 is 27.5 Å². The van der Waals surface area contributed by atoms with Crippen LogP contribution in [0.4, 0.5) is 5.69 Å². The molecule has 4 nitrogen and oxygen atoms in total. The largest absolute Gasteiger partial charge is 0.399 e. The maximum atomic E-state index is 11.9. The molecule has 4 N–H and O–H groups in total. The molecule has 0 aliphatic carbocycles. The quantitative estimate of drug-likeness (QED) is 0.727. The van der Waals surface area contributed by atoms with E-state index in [0.29, 0.717) is 17.7 Å². The zero-order valence-corrected chi connectivity index (χ0v) is 11.3. The highest BCUT2D eigenvalue weighted by atomic mass is 79.9. The van der Waals surface area contributed by atoms with Crippen molar-refractivity contribution in [1.29, 1.82) is 0 Å². The maximum absolute atomic E-state index is 11.9. The Labute approximate surface area is 109 Å². The average Bonchev–Trinajstić information content (AvgIpc) is 2.25. The van der Waals surface area contributed by atoms with E-state index in [1.54, 1.807) is 18.2 Å². The van der Waals surface area contributed by atoms with Gasteiger partial charge in [-0.25, -0.2) is 0 Å². The number of hydrogen-bond donors (Lipinski definition) is 3. The summed E-state index contributed by atoms with van der Waals surface area (Å²) in [5, 5.41) is 11.6. The molecule has 0 heterocycles. The minimum absolute atomic E-state index is 0.0369. The van der Waals surface area contributed by atoms with Crippen LogP contribution in [0.2, 0.25) is 0 Å². The Morgan fingerprint density at radius 1 is 1.53 bits per heavy atom. The van der Waals surface area contributed by atoms with Crippen LogP contribution >= 0.6 is 15.9 Å². The number of nitrogens with two attached hydrogens (primary N) is 1. The normalized spacial score (nSPS) is 12.2. The van der Waals surface area contributed by atoms with Gasteiger partial charge in [0.25, 0.3) is 5.91 Å². The standard InChI is InChI=1S/C12H17BrN2O2/c1-8(3-2-4-16)15-12(17)9-5-10(13)7-11(14)6-9/h5-8,16H,2-4,14H2,1H3,(H,15,17). The number of rotatable bonds is 5. The van der Waals surface area contributed by atoms with Crippen molar-refractivity contribution in [2.75, 3.05) is 12.3 Å². The zero-order chi connectivity index (χ0) is 12.8. The van der Waals surface area contributed by atoms with E-state index in [0.717, 1.165) is 10.9 Å². The van der Waals surface area contributed by atoms with E-state index in [4.69, 9.17) is 10.8 Å². The summed E-state index contributed by atoms with van der Waals surface area (Å²) in [7, 11) is 0. The van der Waals surface area contributed by atoms with Crippen LogP contribution in [0.15, 0.2) is 22.7 Å². The molecule has 5 heteroatoms. The van der Waals surface area contributed by atoms with Gasteiger partial charge < -0.3 is 16.2 Å². The molecule has 0 saturated heterocycles. The minimum atomic E-state index is -0.150. The lowest BCUT2D eigenvalue weighted by atomic mass is 10.1. The monoisotopic (exact) mass is 300 g/mol. The molecular formula is C12H17BrN2O2. The van der Waals surface area contributed by atoms with E-state index < -0.39 is 0 Å². The third-order valence-corrected chi connectivity index (χ3v) is 2.81. The lowest BCUT2D eigenvalue weighted by Crippen LogP contribution is -2.32. The molecule has 0 radical (unpaired) electrons. The minimum Gasteiger partial charge on any atom is -0.399 e.